The molecule has 0 saturated heterocycles. The number of carbonyl (C=O) groups excluding carboxylic acids is 1. The minimum atomic E-state index is -0.417. The zero-order valence-electron chi connectivity index (χ0n) is 10.1. The van der Waals surface area contributed by atoms with Crippen LogP contribution in [0, 0.1) is 12.7 Å². The molecule has 0 fully saturated rings. The van der Waals surface area contributed by atoms with E-state index in [0.29, 0.717) is 15.7 Å². The van der Waals surface area contributed by atoms with Gasteiger partial charge in [0.25, 0.3) is 5.91 Å². The van der Waals surface area contributed by atoms with Crippen LogP contribution in [0.4, 0.5) is 10.1 Å². The molecule has 0 unspecified atom stereocenters. The third kappa shape index (κ3) is 3.12. The molecule has 0 aliphatic rings. The molecule has 0 aliphatic heterocycles. The van der Waals surface area contributed by atoms with Crippen molar-refractivity contribution in [3.8, 4) is 5.75 Å². The lowest BCUT2D eigenvalue weighted by molar-refractivity contribution is 0.102. The first-order chi connectivity index (χ1) is 8.97. The number of benzene rings is 2. The van der Waals surface area contributed by atoms with Gasteiger partial charge in [-0.2, -0.15) is 0 Å². The Hall–Kier alpha value is -1.88. The van der Waals surface area contributed by atoms with Crippen molar-refractivity contribution in [2.75, 3.05) is 5.32 Å². The number of hydrogen-bond donors (Lipinski definition) is 2. The van der Waals surface area contributed by atoms with Crippen LogP contribution in [0.5, 0.6) is 5.75 Å². The molecule has 98 valence electrons. The molecule has 2 aromatic carbocycles. The first-order valence-electron chi connectivity index (χ1n) is 5.53. The Kier molecular flexibility index (Phi) is 3.85. The fourth-order valence-electron chi connectivity index (χ4n) is 1.58. The zero-order valence-corrected chi connectivity index (χ0v) is 11.7. The van der Waals surface area contributed by atoms with Crippen LogP contribution in [-0.2, 0) is 0 Å². The van der Waals surface area contributed by atoms with Gasteiger partial charge < -0.3 is 10.4 Å². The Morgan fingerprint density at radius 2 is 2.00 bits per heavy atom. The molecule has 1 amide bonds. The standard InChI is InChI=1S/C14H11BrFNO2/c1-8-2-4-10(16)7-12(8)17-14(19)9-3-5-11(15)13(18)6-9/h2-7,18H,1H3,(H,17,19). The van der Waals surface area contributed by atoms with Gasteiger partial charge in [0.05, 0.1) is 4.47 Å². The second-order valence-corrected chi connectivity index (χ2v) is 4.93. The number of amides is 1. The molecule has 0 atom stereocenters. The number of rotatable bonds is 2. The third-order valence-electron chi connectivity index (χ3n) is 2.66. The number of carbonyl (C=O) groups is 1. The molecule has 0 aromatic heterocycles. The second-order valence-electron chi connectivity index (χ2n) is 4.08. The van der Waals surface area contributed by atoms with Crippen LogP contribution in [0.1, 0.15) is 15.9 Å². The minimum Gasteiger partial charge on any atom is -0.507 e. The van der Waals surface area contributed by atoms with Gasteiger partial charge in [-0.1, -0.05) is 6.07 Å². The number of aromatic hydroxyl groups is 1. The van der Waals surface area contributed by atoms with Gasteiger partial charge in [-0.3, -0.25) is 4.79 Å². The molecule has 3 nitrogen and oxygen atoms in total. The van der Waals surface area contributed by atoms with Crippen LogP contribution in [-0.4, -0.2) is 11.0 Å². The predicted molar refractivity (Wildman–Crippen MR) is 74.9 cm³/mol. The number of hydrogen-bond acceptors (Lipinski definition) is 2. The third-order valence-corrected chi connectivity index (χ3v) is 3.33. The van der Waals surface area contributed by atoms with Crippen molar-refractivity contribution in [1.82, 2.24) is 0 Å². The highest BCUT2D eigenvalue weighted by Crippen LogP contribution is 2.25. The highest BCUT2D eigenvalue weighted by molar-refractivity contribution is 9.10. The topological polar surface area (TPSA) is 49.3 Å². The van der Waals surface area contributed by atoms with Crippen molar-refractivity contribution >= 4 is 27.5 Å². The average molecular weight is 324 g/mol. The van der Waals surface area contributed by atoms with E-state index >= 15 is 0 Å². The van der Waals surface area contributed by atoms with Crippen molar-refractivity contribution in [2.45, 2.75) is 6.92 Å². The lowest BCUT2D eigenvalue weighted by atomic mass is 10.1. The molecule has 0 aliphatic carbocycles. The molecule has 0 spiro atoms. The molecule has 2 rings (SSSR count). The number of phenols is 1. The SMILES string of the molecule is Cc1ccc(F)cc1NC(=O)c1ccc(Br)c(O)c1. The summed E-state index contributed by atoms with van der Waals surface area (Å²) in [5, 5.41) is 12.1. The number of anilines is 1. The van der Waals surface area contributed by atoms with Gasteiger partial charge in [0.15, 0.2) is 0 Å². The van der Waals surface area contributed by atoms with Crippen molar-refractivity contribution in [2.24, 2.45) is 0 Å². The number of phenolic OH excluding ortho intramolecular Hbond substituents is 1. The van der Waals surface area contributed by atoms with Crippen molar-refractivity contribution < 1.29 is 14.3 Å². The van der Waals surface area contributed by atoms with Gasteiger partial charge >= 0.3 is 0 Å². The monoisotopic (exact) mass is 323 g/mol. The van der Waals surface area contributed by atoms with E-state index in [1.807, 2.05) is 0 Å². The molecular weight excluding hydrogens is 313 g/mol. The smallest absolute Gasteiger partial charge is 0.255 e. The van der Waals surface area contributed by atoms with Gasteiger partial charge in [0, 0.05) is 11.3 Å². The number of aryl methyl sites for hydroxylation is 1. The van der Waals surface area contributed by atoms with E-state index in [2.05, 4.69) is 21.2 Å². The molecule has 0 saturated carbocycles. The summed E-state index contributed by atoms with van der Waals surface area (Å²) in [5.41, 5.74) is 1.47. The summed E-state index contributed by atoms with van der Waals surface area (Å²) < 4.78 is 13.6. The summed E-state index contributed by atoms with van der Waals surface area (Å²) in [6.45, 7) is 1.77. The molecular formula is C14H11BrFNO2. The summed E-state index contributed by atoms with van der Waals surface area (Å²) in [6.07, 6.45) is 0. The lowest BCUT2D eigenvalue weighted by Crippen LogP contribution is -2.12. The Labute approximate surface area is 118 Å². The molecule has 0 radical (unpaired) electrons. The van der Waals surface area contributed by atoms with Crippen LogP contribution in [0.25, 0.3) is 0 Å². The minimum absolute atomic E-state index is 0.0244. The first-order valence-corrected chi connectivity index (χ1v) is 6.32. The van der Waals surface area contributed by atoms with E-state index in [9.17, 15) is 14.3 Å². The predicted octanol–water partition coefficient (Wildman–Crippen LogP) is 3.85. The van der Waals surface area contributed by atoms with E-state index in [1.165, 1.54) is 18.2 Å². The highest BCUT2D eigenvalue weighted by atomic mass is 79.9. The fraction of sp³-hybridized carbons (Fsp3) is 0.0714. The average Bonchev–Trinajstić information content (AvgIpc) is 2.37. The summed E-state index contributed by atoms with van der Waals surface area (Å²) in [4.78, 5) is 12.0. The Balaban J connectivity index is 2.25. The maximum Gasteiger partial charge on any atom is 0.255 e. The van der Waals surface area contributed by atoms with Crippen LogP contribution >= 0.6 is 15.9 Å². The Morgan fingerprint density at radius 1 is 1.26 bits per heavy atom. The van der Waals surface area contributed by atoms with Gasteiger partial charge in [0.2, 0.25) is 0 Å². The van der Waals surface area contributed by atoms with Crippen LogP contribution in [0.15, 0.2) is 40.9 Å². The van der Waals surface area contributed by atoms with Gasteiger partial charge in [0.1, 0.15) is 11.6 Å². The summed E-state index contributed by atoms with van der Waals surface area (Å²) >= 11 is 3.14. The molecule has 19 heavy (non-hydrogen) atoms. The molecule has 2 aromatic rings. The Morgan fingerprint density at radius 3 is 2.68 bits per heavy atom. The molecule has 0 bridgehead atoms. The van der Waals surface area contributed by atoms with E-state index in [4.69, 9.17) is 0 Å². The number of nitrogens with one attached hydrogen (secondary N) is 1. The number of halogens is 2. The largest absolute Gasteiger partial charge is 0.507 e. The lowest BCUT2D eigenvalue weighted by Gasteiger charge is -2.09. The van der Waals surface area contributed by atoms with Crippen LogP contribution < -0.4 is 5.32 Å². The zero-order chi connectivity index (χ0) is 14.0. The molecule has 2 N–H and O–H groups in total. The highest BCUT2D eigenvalue weighted by Gasteiger charge is 2.10. The maximum absolute atomic E-state index is 13.1. The molecule has 0 heterocycles. The van der Waals surface area contributed by atoms with E-state index in [1.54, 1.807) is 25.1 Å². The quantitative estimate of drug-likeness (QED) is 0.881. The van der Waals surface area contributed by atoms with E-state index in [-0.39, 0.29) is 5.75 Å². The van der Waals surface area contributed by atoms with Gasteiger partial charge in [-0.25, -0.2) is 4.39 Å². The first kappa shape index (κ1) is 13.5. The van der Waals surface area contributed by atoms with Crippen molar-refractivity contribution in [3.05, 3.63) is 57.8 Å². The van der Waals surface area contributed by atoms with Gasteiger partial charge in [-0.15, -0.1) is 0 Å². The molecule has 5 heteroatoms. The van der Waals surface area contributed by atoms with Gasteiger partial charge in [-0.05, 0) is 58.7 Å². The fourth-order valence-corrected chi connectivity index (χ4v) is 1.82. The maximum atomic E-state index is 13.1. The van der Waals surface area contributed by atoms with Crippen LogP contribution in [0.3, 0.4) is 0 Å². The van der Waals surface area contributed by atoms with Crippen molar-refractivity contribution in [1.29, 1.82) is 0 Å². The summed E-state index contributed by atoms with van der Waals surface area (Å²) in [6, 6.07) is 8.65. The summed E-state index contributed by atoms with van der Waals surface area (Å²) in [5.74, 6) is -0.848. The summed E-state index contributed by atoms with van der Waals surface area (Å²) in [7, 11) is 0. The normalized spacial score (nSPS) is 10.3. The van der Waals surface area contributed by atoms with Crippen molar-refractivity contribution in [3.63, 3.8) is 0 Å². The Bertz CT molecular complexity index is 643. The van der Waals surface area contributed by atoms with Crippen LogP contribution in [0.2, 0.25) is 0 Å². The van der Waals surface area contributed by atoms with E-state index in [0.717, 1.165) is 5.56 Å². The van der Waals surface area contributed by atoms with E-state index < -0.39 is 11.7 Å². The second kappa shape index (κ2) is 5.40.